The Kier molecular flexibility index (Phi) is 4.12. The molecule has 0 saturated heterocycles. The van der Waals surface area contributed by atoms with Crippen molar-refractivity contribution in [3.63, 3.8) is 0 Å². The van der Waals surface area contributed by atoms with Crippen LogP contribution in [0.25, 0.3) is 10.7 Å². The van der Waals surface area contributed by atoms with Gasteiger partial charge in [-0.15, -0.1) is 11.3 Å². The van der Waals surface area contributed by atoms with Crippen LogP contribution in [-0.2, 0) is 17.9 Å². The predicted molar refractivity (Wildman–Crippen MR) is 83.8 cm³/mol. The van der Waals surface area contributed by atoms with Gasteiger partial charge in [0.25, 0.3) is 0 Å². The highest BCUT2D eigenvalue weighted by molar-refractivity contribution is 7.13. The Labute approximate surface area is 127 Å². The normalized spacial score (nSPS) is 10.5. The number of nitrogens with zero attached hydrogens (tertiary/aromatic N) is 2. The monoisotopic (exact) mass is 297 g/mol. The zero-order chi connectivity index (χ0) is 14.5. The van der Waals surface area contributed by atoms with E-state index in [2.05, 4.69) is 10.3 Å². The quantitative estimate of drug-likeness (QED) is 0.787. The average Bonchev–Trinajstić information content (AvgIpc) is 3.17. The second-order valence-electron chi connectivity index (χ2n) is 4.62. The molecule has 0 aliphatic rings. The van der Waals surface area contributed by atoms with E-state index in [1.807, 2.05) is 58.6 Å². The van der Waals surface area contributed by atoms with Crippen LogP contribution >= 0.6 is 11.3 Å². The summed E-state index contributed by atoms with van der Waals surface area (Å²) in [6.07, 6.45) is 3.55. The van der Waals surface area contributed by atoms with Crippen LogP contribution in [0.4, 0.5) is 0 Å². The van der Waals surface area contributed by atoms with Crippen molar-refractivity contribution in [2.75, 3.05) is 0 Å². The van der Waals surface area contributed by atoms with Crippen LogP contribution in [0.3, 0.4) is 0 Å². The molecule has 5 heteroatoms. The van der Waals surface area contributed by atoms with Crippen molar-refractivity contribution in [2.24, 2.45) is 0 Å². The molecule has 2 aromatic heterocycles. The van der Waals surface area contributed by atoms with Gasteiger partial charge in [-0.3, -0.25) is 4.79 Å². The number of nitrogens with one attached hydrogen (secondary N) is 1. The van der Waals surface area contributed by atoms with Gasteiger partial charge in [0.2, 0.25) is 5.91 Å². The van der Waals surface area contributed by atoms with Gasteiger partial charge in [-0.1, -0.05) is 36.4 Å². The lowest BCUT2D eigenvalue weighted by atomic mass is 10.2. The number of hydrogen-bond acceptors (Lipinski definition) is 3. The van der Waals surface area contributed by atoms with E-state index in [4.69, 9.17) is 0 Å². The van der Waals surface area contributed by atoms with E-state index in [-0.39, 0.29) is 12.5 Å². The van der Waals surface area contributed by atoms with Crippen LogP contribution in [0, 0.1) is 0 Å². The fourth-order valence-corrected chi connectivity index (χ4v) is 2.81. The summed E-state index contributed by atoms with van der Waals surface area (Å²) in [5.41, 5.74) is 1.09. The highest BCUT2D eigenvalue weighted by Gasteiger charge is 2.10. The Morgan fingerprint density at radius 2 is 2.05 bits per heavy atom. The van der Waals surface area contributed by atoms with Gasteiger partial charge in [0.05, 0.1) is 4.88 Å². The predicted octanol–water partition coefficient (Wildman–Crippen LogP) is 2.93. The van der Waals surface area contributed by atoms with Gasteiger partial charge < -0.3 is 9.88 Å². The summed E-state index contributed by atoms with van der Waals surface area (Å²) < 4.78 is 1.87. The number of carbonyl (C=O) groups is 1. The molecule has 3 aromatic rings. The molecule has 1 N–H and O–H groups in total. The molecule has 0 spiro atoms. The maximum absolute atomic E-state index is 12.0. The molecule has 2 heterocycles. The van der Waals surface area contributed by atoms with Gasteiger partial charge in [0.15, 0.2) is 0 Å². The summed E-state index contributed by atoms with van der Waals surface area (Å²) in [6, 6.07) is 13.9. The fourth-order valence-electron chi connectivity index (χ4n) is 2.07. The Hall–Kier alpha value is -2.40. The maximum Gasteiger partial charge on any atom is 0.240 e. The lowest BCUT2D eigenvalue weighted by Gasteiger charge is -2.08. The van der Waals surface area contributed by atoms with Gasteiger partial charge in [-0.2, -0.15) is 0 Å². The van der Waals surface area contributed by atoms with E-state index in [1.165, 1.54) is 0 Å². The van der Waals surface area contributed by atoms with Crippen molar-refractivity contribution in [3.05, 3.63) is 65.8 Å². The molecule has 0 aliphatic carbocycles. The zero-order valence-electron chi connectivity index (χ0n) is 11.4. The minimum absolute atomic E-state index is 0.0188. The standard InChI is InChI=1S/C16H15N3OS/c20-15(18-11-13-5-2-1-3-6-13)12-19-9-8-17-16(19)14-7-4-10-21-14/h1-10H,11-12H2,(H,18,20). The first-order valence-electron chi connectivity index (χ1n) is 6.68. The minimum atomic E-state index is -0.0188. The summed E-state index contributed by atoms with van der Waals surface area (Å²) in [6.45, 7) is 0.822. The van der Waals surface area contributed by atoms with Gasteiger partial charge in [0, 0.05) is 18.9 Å². The Morgan fingerprint density at radius 3 is 2.81 bits per heavy atom. The maximum atomic E-state index is 12.0. The third-order valence-electron chi connectivity index (χ3n) is 3.10. The van der Waals surface area contributed by atoms with Crippen LogP contribution in [0.15, 0.2) is 60.2 Å². The van der Waals surface area contributed by atoms with E-state index >= 15 is 0 Å². The SMILES string of the molecule is O=C(Cn1ccnc1-c1cccs1)NCc1ccccc1. The zero-order valence-corrected chi connectivity index (χ0v) is 12.2. The number of thiophene rings is 1. The number of carbonyl (C=O) groups excluding carboxylic acids is 1. The molecule has 0 bridgehead atoms. The van der Waals surface area contributed by atoms with Crippen LogP contribution in [0.5, 0.6) is 0 Å². The van der Waals surface area contributed by atoms with Crippen LogP contribution < -0.4 is 5.32 Å². The molecule has 21 heavy (non-hydrogen) atoms. The van der Waals surface area contributed by atoms with E-state index in [1.54, 1.807) is 17.5 Å². The lowest BCUT2D eigenvalue weighted by molar-refractivity contribution is -0.121. The molecule has 0 saturated carbocycles. The number of imidazole rings is 1. The number of rotatable bonds is 5. The van der Waals surface area contributed by atoms with Gasteiger partial charge in [-0.05, 0) is 17.0 Å². The van der Waals surface area contributed by atoms with Crippen LogP contribution in [-0.4, -0.2) is 15.5 Å². The first-order chi connectivity index (χ1) is 10.3. The molecular weight excluding hydrogens is 282 g/mol. The first kappa shape index (κ1) is 13.6. The second-order valence-corrected chi connectivity index (χ2v) is 5.57. The number of benzene rings is 1. The molecule has 0 unspecified atom stereocenters. The molecule has 4 nitrogen and oxygen atoms in total. The molecule has 0 radical (unpaired) electrons. The Morgan fingerprint density at radius 1 is 1.19 bits per heavy atom. The van der Waals surface area contributed by atoms with Crippen molar-refractivity contribution >= 4 is 17.2 Å². The number of amides is 1. The van der Waals surface area contributed by atoms with Crippen molar-refractivity contribution in [1.29, 1.82) is 0 Å². The number of hydrogen-bond donors (Lipinski definition) is 1. The third-order valence-corrected chi connectivity index (χ3v) is 3.97. The van der Waals surface area contributed by atoms with E-state index in [9.17, 15) is 4.79 Å². The summed E-state index contributed by atoms with van der Waals surface area (Å²) in [4.78, 5) is 17.4. The molecule has 0 fully saturated rings. The lowest BCUT2D eigenvalue weighted by Crippen LogP contribution is -2.27. The Bertz CT molecular complexity index is 704. The summed E-state index contributed by atoms with van der Waals surface area (Å²) in [5.74, 6) is 0.814. The molecule has 1 aromatic carbocycles. The molecule has 0 atom stereocenters. The summed E-state index contributed by atoms with van der Waals surface area (Å²) >= 11 is 1.62. The second kappa shape index (κ2) is 6.37. The Balaban J connectivity index is 1.62. The first-order valence-corrected chi connectivity index (χ1v) is 7.56. The van der Waals surface area contributed by atoms with Crippen LogP contribution in [0.1, 0.15) is 5.56 Å². The van der Waals surface area contributed by atoms with Crippen molar-refractivity contribution in [3.8, 4) is 10.7 Å². The minimum Gasteiger partial charge on any atom is -0.350 e. The van der Waals surface area contributed by atoms with Crippen molar-refractivity contribution in [2.45, 2.75) is 13.1 Å². The van der Waals surface area contributed by atoms with Gasteiger partial charge in [-0.25, -0.2) is 4.98 Å². The number of aromatic nitrogens is 2. The van der Waals surface area contributed by atoms with Crippen molar-refractivity contribution in [1.82, 2.24) is 14.9 Å². The van der Waals surface area contributed by atoms with Gasteiger partial charge in [0.1, 0.15) is 12.4 Å². The van der Waals surface area contributed by atoms with E-state index in [0.717, 1.165) is 16.3 Å². The average molecular weight is 297 g/mol. The molecule has 106 valence electrons. The van der Waals surface area contributed by atoms with E-state index in [0.29, 0.717) is 6.54 Å². The smallest absolute Gasteiger partial charge is 0.240 e. The largest absolute Gasteiger partial charge is 0.350 e. The highest BCUT2D eigenvalue weighted by atomic mass is 32.1. The topological polar surface area (TPSA) is 46.9 Å². The van der Waals surface area contributed by atoms with Crippen LogP contribution in [0.2, 0.25) is 0 Å². The summed E-state index contributed by atoms with van der Waals surface area (Å²) in [7, 11) is 0. The molecule has 0 aliphatic heterocycles. The third kappa shape index (κ3) is 3.38. The van der Waals surface area contributed by atoms with Crippen molar-refractivity contribution < 1.29 is 4.79 Å². The molecule has 1 amide bonds. The molecular formula is C16H15N3OS. The van der Waals surface area contributed by atoms with Gasteiger partial charge >= 0.3 is 0 Å². The summed E-state index contributed by atoms with van der Waals surface area (Å²) in [5, 5.41) is 4.93. The highest BCUT2D eigenvalue weighted by Crippen LogP contribution is 2.22. The molecule has 3 rings (SSSR count). The fraction of sp³-hybridized carbons (Fsp3) is 0.125. The van der Waals surface area contributed by atoms with E-state index < -0.39 is 0 Å².